The predicted octanol–water partition coefficient (Wildman–Crippen LogP) is 4.23. The average Bonchev–Trinajstić information content (AvgIpc) is 2.60. The van der Waals surface area contributed by atoms with E-state index in [1.807, 2.05) is 6.92 Å². The van der Waals surface area contributed by atoms with Gasteiger partial charge in [-0.3, -0.25) is 0 Å². The van der Waals surface area contributed by atoms with Crippen molar-refractivity contribution in [2.75, 3.05) is 6.61 Å². The second kappa shape index (κ2) is 8.06. The molecule has 6 heteroatoms. The van der Waals surface area contributed by atoms with Crippen molar-refractivity contribution in [3.8, 4) is 17.6 Å². The summed E-state index contributed by atoms with van der Waals surface area (Å²) in [5.74, 6) is -3.52. The highest BCUT2D eigenvalue weighted by Gasteiger charge is 2.17. The van der Waals surface area contributed by atoms with E-state index in [4.69, 9.17) is 14.7 Å². The third-order valence-electron chi connectivity index (χ3n) is 3.23. The Kier molecular flexibility index (Phi) is 5.85. The van der Waals surface area contributed by atoms with Crippen molar-refractivity contribution in [2.24, 2.45) is 0 Å². The maximum atomic E-state index is 13.7. The van der Waals surface area contributed by atoms with Gasteiger partial charge in [-0.1, -0.05) is 13.3 Å². The zero-order valence-electron chi connectivity index (χ0n) is 13.0. The molecule has 0 bridgehead atoms. The number of hydrogen-bond donors (Lipinski definition) is 0. The van der Waals surface area contributed by atoms with Crippen LogP contribution < -0.4 is 9.47 Å². The summed E-state index contributed by atoms with van der Waals surface area (Å²) >= 11 is 0. The molecule has 0 aliphatic carbocycles. The maximum Gasteiger partial charge on any atom is 0.343 e. The van der Waals surface area contributed by atoms with Gasteiger partial charge in [-0.25, -0.2) is 9.18 Å². The van der Waals surface area contributed by atoms with Crippen LogP contribution in [0.1, 0.15) is 35.7 Å². The molecule has 0 atom stereocenters. The van der Waals surface area contributed by atoms with Gasteiger partial charge in [0.15, 0.2) is 11.6 Å². The van der Waals surface area contributed by atoms with Gasteiger partial charge in [0.25, 0.3) is 0 Å². The molecule has 0 radical (unpaired) electrons. The molecule has 124 valence electrons. The quantitative estimate of drug-likeness (QED) is 0.451. The molecule has 0 aliphatic rings. The van der Waals surface area contributed by atoms with E-state index < -0.39 is 28.9 Å². The standard InChI is InChI=1S/C18H15F2NO3/c1-2-3-10-23-14-7-4-12(5-8-14)18(22)24-15-9-6-13(11-21)16(19)17(15)20/h4-9H,2-3,10H2,1H3. The van der Waals surface area contributed by atoms with Crippen LogP contribution in [0.25, 0.3) is 0 Å². The van der Waals surface area contributed by atoms with Crippen LogP contribution >= 0.6 is 0 Å². The minimum absolute atomic E-state index is 0.169. The van der Waals surface area contributed by atoms with E-state index in [2.05, 4.69) is 0 Å². The van der Waals surface area contributed by atoms with Crippen molar-refractivity contribution in [1.29, 1.82) is 5.26 Å². The highest BCUT2D eigenvalue weighted by Crippen LogP contribution is 2.23. The first kappa shape index (κ1) is 17.4. The summed E-state index contributed by atoms with van der Waals surface area (Å²) in [4.78, 5) is 12.0. The molecule has 0 aromatic heterocycles. The molecule has 24 heavy (non-hydrogen) atoms. The minimum Gasteiger partial charge on any atom is -0.494 e. The summed E-state index contributed by atoms with van der Waals surface area (Å²) in [6.07, 6.45) is 1.93. The lowest BCUT2D eigenvalue weighted by Gasteiger charge is -2.08. The number of rotatable bonds is 6. The number of halogens is 2. The monoisotopic (exact) mass is 331 g/mol. The van der Waals surface area contributed by atoms with Gasteiger partial charge in [0.2, 0.25) is 5.82 Å². The molecule has 0 N–H and O–H groups in total. The van der Waals surface area contributed by atoms with Gasteiger partial charge in [0.05, 0.1) is 17.7 Å². The fraction of sp³-hybridized carbons (Fsp3) is 0.222. The third kappa shape index (κ3) is 4.07. The Morgan fingerprint density at radius 1 is 1.12 bits per heavy atom. The SMILES string of the molecule is CCCCOc1ccc(C(=O)Oc2ccc(C#N)c(F)c2F)cc1. The Morgan fingerprint density at radius 2 is 1.83 bits per heavy atom. The Balaban J connectivity index is 2.08. The number of hydrogen-bond acceptors (Lipinski definition) is 4. The van der Waals surface area contributed by atoms with Gasteiger partial charge < -0.3 is 9.47 Å². The van der Waals surface area contributed by atoms with E-state index in [0.717, 1.165) is 25.0 Å². The summed E-state index contributed by atoms with van der Waals surface area (Å²) in [7, 11) is 0. The molecular formula is C18H15F2NO3. The maximum absolute atomic E-state index is 13.7. The van der Waals surface area contributed by atoms with E-state index in [9.17, 15) is 13.6 Å². The van der Waals surface area contributed by atoms with Crippen molar-refractivity contribution >= 4 is 5.97 Å². The first-order valence-electron chi connectivity index (χ1n) is 7.40. The Bertz CT molecular complexity index is 767. The number of nitrogens with zero attached hydrogens (tertiary/aromatic N) is 1. The first-order valence-corrected chi connectivity index (χ1v) is 7.40. The van der Waals surface area contributed by atoms with E-state index in [0.29, 0.717) is 12.4 Å². The first-order chi connectivity index (χ1) is 11.6. The van der Waals surface area contributed by atoms with Crippen LogP contribution in [0.4, 0.5) is 8.78 Å². The molecule has 2 rings (SSSR count). The summed E-state index contributed by atoms with van der Waals surface area (Å²) in [5.41, 5.74) is -0.289. The number of benzene rings is 2. The number of carbonyl (C=O) groups excluding carboxylic acids is 1. The lowest BCUT2D eigenvalue weighted by atomic mass is 10.2. The summed E-state index contributed by atoms with van der Waals surface area (Å²) in [6.45, 7) is 2.63. The van der Waals surface area contributed by atoms with Crippen molar-refractivity contribution < 1.29 is 23.0 Å². The fourth-order valence-corrected chi connectivity index (χ4v) is 1.88. The van der Waals surface area contributed by atoms with E-state index in [1.54, 1.807) is 12.1 Å². The Morgan fingerprint density at radius 3 is 2.46 bits per heavy atom. The zero-order valence-corrected chi connectivity index (χ0v) is 13.0. The number of ether oxygens (including phenoxy) is 2. The number of nitriles is 1. The second-order valence-electron chi connectivity index (χ2n) is 4.97. The van der Waals surface area contributed by atoms with E-state index in [-0.39, 0.29) is 5.56 Å². The summed E-state index contributed by atoms with van der Waals surface area (Å²) in [6, 6.07) is 9.74. The minimum atomic E-state index is -1.37. The molecule has 0 amide bonds. The van der Waals surface area contributed by atoms with Crippen molar-refractivity contribution in [3.63, 3.8) is 0 Å². The number of carbonyl (C=O) groups is 1. The number of esters is 1. The second-order valence-corrected chi connectivity index (χ2v) is 4.97. The zero-order chi connectivity index (χ0) is 17.5. The van der Waals surface area contributed by atoms with Crippen LogP contribution in [-0.4, -0.2) is 12.6 Å². The smallest absolute Gasteiger partial charge is 0.343 e. The lowest BCUT2D eigenvalue weighted by Crippen LogP contribution is -2.10. The molecule has 0 fully saturated rings. The molecule has 0 aliphatic heterocycles. The molecular weight excluding hydrogens is 316 g/mol. The van der Waals surface area contributed by atoms with Crippen molar-refractivity contribution in [1.82, 2.24) is 0 Å². The molecule has 0 spiro atoms. The largest absolute Gasteiger partial charge is 0.494 e. The molecule has 0 unspecified atom stereocenters. The highest BCUT2D eigenvalue weighted by atomic mass is 19.2. The molecule has 4 nitrogen and oxygen atoms in total. The van der Waals surface area contributed by atoms with E-state index >= 15 is 0 Å². The van der Waals surface area contributed by atoms with Gasteiger partial charge in [-0.05, 0) is 42.8 Å². The third-order valence-corrected chi connectivity index (χ3v) is 3.23. The molecule has 0 heterocycles. The van der Waals surface area contributed by atoms with Gasteiger partial charge in [0, 0.05) is 0 Å². The van der Waals surface area contributed by atoms with E-state index in [1.165, 1.54) is 18.2 Å². The van der Waals surface area contributed by atoms with Crippen LogP contribution in [0, 0.1) is 23.0 Å². The van der Waals surface area contributed by atoms with Crippen molar-refractivity contribution in [2.45, 2.75) is 19.8 Å². The van der Waals surface area contributed by atoms with Gasteiger partial charge >= 0.3 is 5.97 Å². The van der Waals surface area contributed by atoms with Crippen molar-refractivity contribution in [3.05, 3.63) is 59.2 Å². The predicted molar refractivity (Wildman–Crippen MR) is 82.9 cm³/mol. The topological polar surface area (TPSA) is 59.3 Å². The van der Waals surface area contributed by atoms with Gasteiger partial charge in [-0.15, -0.1) is 0 Å². The Hall–Kier alpha value is -2.94. The number of unbranched alkanes of at least 4 members (excludes halogenated alkanes) is 1. The van der Waals surface area contributed by atoms with Crippen LogP contribution in [0.15, 0.2) is 36.4 Å². The Labute approximate surface area is 138 Å². The van der Waals surface area contributed by atoms with Crippen LogP contribution in [0.2, 0.25) is 0 Å². The molecule has 2 aromatic rings. The molecule has 2 aromatic carbocycles. The normalized spacial score (nSPS) is 10.1. The lowest BCUT2D eigenvalue weighted by molar-refractivity contribution is 0.0726. The van der Waals surface area contributed by atoms with Crippen LogP contribution in [0.5, 0.6) is 11.5 Å². The summed E-state index contributed by atoms with van der Waals surface area (Å²) in [5, 5.41) is 8.62. The van der Waals surface area contributed by atoms with Crippen LogP contribution in [0.3, 0.4) is 0 Å². The highest BCUT2D eigenvalue weighted by molar-refractivity contribution is 5.91. The summed E-state index contributed by atoms with van der Waals surface area (Å²) < 4.78 is 37.6. The van der Waals surface area contributed by atoms with Gasteiger partial charge in [-0.2, -0.15) is 9.65 Å². The van der Waals surface area contributed by atoms with Gasteiger partial charge in [0.1, 0.15) is 11.8 Å². The average molecular weight is 331 g/mol. The molecule has 0 saturated heterocycles. The molecule has 0 saturated carbocycles. The fourth-order valence-electron chi connectivity index (χ4n) is 1.88. The van der Waals surface area contributed by atoms with Crippen LogP contribution in [-0.2, 0) is 0 Å².